The topological polar surface area (TPSA) is 61.4 Å². The fourth-order valence-corrected chi connectivity index (χ4v) is 2.60. The Morgan fingerprint density at radius 3 is 2.55 bits per heavy atom. The van der Waals surface area contributed by atoms with E-state index in [4.69, 9.17) is 0 Å². The molecule has 2 N–H and O–H groups in total. The molecular weight excluding hydrogens is 302 g/mol. The van der Waals surface area contributed by atoms with Crippen LogP contribution >= 0.6 is 12.4 Å². The predicted molar refractivity (Wildman–Crippen MR) is 90.8 cm³/mol. The second-order valence-electron chi connectivity index (χ2n) is 5.52. The van der Waals surface area contributed by atoms with Crippen LogP contribution in [0.4, 0.5) is 5.69 Å². The number of hydrogen-bond donors (Lipinski definition) is 2. The summed E-state index contributed by atoms with van der Waals surface area (Å²) in [6.45, 7) is 3.80. The molecule has 1 heterocycles. The van der Waals surface area contributed by atoms with Gasteiger partial charge < -0.3 is 10.6 Å². The highest BCUT2D eigenvalue weighted by atomic mass is 35.5. The molecule has 0 atom stereocenters. The summed E-state index contributed by atoms with van der Waals surface area (Å²) in [6, 6.07) is 7.62. The second kappa shape index (κ2) is 8.88. The Morgan fingerprint density at radius 2 is 1.95 bits per heavy atom. The van der Waals surface area contributed by atoms with Gasteiger partial charge in [0.1, 0.15) is 0 Å². The molecule has 0 saturated carbocycles. The average Bonchev–Trinajstić information content (AvgIpc) is 2.48. The van der Waals surface area contributed by atoms with Gasteiger partial charge in [0.15, 0.2) is 5.78 Å². The van der Waals surface area contributed by atoms with Gasteiger partial charge in [0.05, 0.1) is 6.54 Å². The summed E-state index contributed by atoms with van der Waals surface area (Å²) in [6.07, 6.45) is 2.15. The number of amides is 1. The Morgan fingerprint density at radius 1 is 1.27 bits per heavy atom. The standard InChI is InChI=1S/C16H23N3O2.ClH/c1-12(20)13-4-3-5-15(10-13)18-16(21)11-19-8-6-14(17-2)7-9-19;/h3-5,10,14,17H,6-9,11H2,1-2H3,(H,18,21);1H. The number of rotatable bonds is 5. The van der Waals surface area contributed by atoms with E-state index in [1.165, 1.54) is 6.92 Å². The van der Waals surface area contributed by atoms with Gasteiger partial charge in [-0.25, -0.2) is 0 Å². The molecule has 1 fully saturated rings. The van der Waals surface area contributed by atoms with Gasteiger partial charge in [-0.3, -0.25) is 14.5 Å². The van der Waals surface area contributed by atoms with Crippen molar-refractivity contribution < 1.29 is 9.59 Å². The van der Waals surface area contributed by atoms with E-state index in [-0.39, 0.29) is 24.1 Å². The number of carbonyl (C=O) groups excluding carboxylic acids is 2. The SMILES string of the molecule is CNC1CCN(CC(=O)Nc2cccc(C(C)=O)c2)CC1.Cl. The minimum Gasteiger partial charge on any atom is -0.325 e. The number of nitrogens with one attached hydrogen (secondary N) is 2. The summed E-state index contributed by atoms with van der Waals surface area (Å²) >= 11 is 0. The molecule has 5 nitrogen and oxygen atoms in total. The van der Waals surface area contributed by atoms with E-state index in [1.54, 1.807) is 24.3 Å². The molecule has 0 aromatic heterocycles. The number of benzene rings is 1. The van der Waals surface area contributed by atoms with Gasteiger partial charge in [-0.2, -0.15) is 0 Å². The molecule has 2 rings (SSSR count). The number of anilines is 1. The third-order valence-electron chi connectivity index (χ3n) is 3.92. The third kappa shape index (κ3) is 5.40. The number of likely N-dealkylation sites (tertiary alicyclic amines) is 1. The molecule has 122 valence electrons. The van der Waals surface area contributed by atoms with Crippen LogP contribution in [-0.4, -0.2) is 49.3 Å². The molecule has 0 unspecified atom stereocenters. The normalized spacial score (nSPS) is 15.9. The number of hydrogen-bond acceptors (Lipinski definition) is 4. The van der Waals surface area contributed by atoms with Crippen molar-refractivity contribution in [1.29, 1.82) is 0 Å². The number of halogens is 1. The minimum absolute atomic E-state index is 0. The van der Waals surface area contributed by atoms with Crippen LogP contribution in [0.15, 0.2) is 24.3 Å². The van der Waals surface area contributed by atoms with Crippen molar-refractivity contribution in [2.45, 2.75) is 25.8 Å². The summed E-state index contributed by atoms with van der Waals surface area (Å²) in [5, 5.41) is 6.14. The van der Waals surface area contributed by atoms with Gasteiger partial charge in [-0.1, -0.05) is 12.1 Å². The quantitative estimate of drug-likeness (QED) is 0.812. The number of ketones is 1. The maximum Gasteiger partial charge on any atom is 0.238 e. The first-order valence-electron chi connectivity index (χ1n) is 7.39. The lowest BCUT2D eigenvalue weighted by Gasteiger charge is -2.31. The zero-order valence-corrected chi connectivity index (χ0v) is 13.9. The molecule has 0 bridgehead atoms. The van der Waals surface area contributed by atoms with Crippen LogP contribution in [0, 0.1) is 0 Å². The zero-order chi connectivity index (χ0) is 15.2. The van der Waals surface area contributed by atoms with Crippen LogP contribution < -0.4 is 10.6 Å². The van der Waals surface area contributed by atoms with Gasteiger partial charge in [0, 0.05) is 30.4 Å². The Balaban J connectivity index is 0.00000242. The van der Waals surface area contributed by atoms with Crippen LogP contribution in [0.2, 0.25) is 0 Å². The smallest absolute Gasteiger partial charge is 0.238 e. The molecule has 1 aliphatic rings. The van der Waals surface area contributed by atoms with E-state index in [1.807, 2.05) is 7.05 Å². The van der Waals surface area contributed by atoms with Crippen molar-refractivity contribution in [3.8, 4) is 0 Å². The van der Waals surface area contributed by atoms with Crippen LogP contribution in [0.1, 0.15) is 30.1 Å². The van der Waals surface area contributed by atoms with Crippen LogP contribution in [0.25, 0.3) is 0 Å². The Labute approximate surface area is 137 Å². The fourth-order valence-electron chi connectivity index (χ4n) is 2.60. The summed E-state index contributed by atoms with van der Waals surface area (Å²) in [5.74, 6) is -0.0288. The molecule has 6 heteroatoms. The van der Waals surface area contributed by atoms with Gasteiger partial charge in [-0.05, 0) is 38.9 Å². The number of nitrogens with zero attached hydrogens (tertiary/aromatic N) is 1. The molecule has 0 radical (unpaired) electrons. The van der Waals surface area contributed by atoms with Crippen molar-refractivity contribution in [2.24, 2.45) is 0 Å². The molecule has 1 saturated heterocycles. The Bertz CT molecular complexity index is 514. The molecule has 0 spiro atoms. The lowest BCUT2D eigenvalue weighted by atomic mass is 10.1. The third-order valence-corrected chi connectivity index (χ3v) is 3.92. The van der Waals surface area contributed by atoms with E-state index in [0.29, 0.717) is 23.8 Å². The van der Waals surface area contributed by atoms with E-state index in [0.717, 1.165) is 25.9 Å². The van der Waals surface area contributed by atoms with Gasteiger partial charge in [0.2, 0.25) is 5.91 Å². The van der Waals surface area contributed by atoms with Crippen LogP contribution in [-0.2, 0) is 4.79 Å². The highest BCUT2D eigenvalue weighted by Gasteiger charge is 2.19. The first-order chi connectivity index (χ1) is 10.1. The maximum absolute atomic E-state index is 12.1. The van der Waals surface area contributed by atoms with Gasteiger partial charge >= 0.3 is 0 Å². The molecule has 1 aromatic rings. The lowest BCUT2D eigenvalue weighted by molar-refractivity contribution is -0.117. The summed E-state index contributed by atoms with van der Waals surface area (Å²) in [5.41, 5.74) is 1.29. The summed E-state index contributed by atoms with van der Waals surface area (Å²) < 4.78 is 0. The van der Waals surface area contributed by atoms with Crippen molar-refractivity contribution in [3.63, 3.8) is 0 Å². The predicted octanol–water partition coefficient (Wildman–Crippen LogP) is 1.93. The highest BCUT2D eigenvalue weighted by molar-refractivity contribution is 5.97. The van der Waals surface area contributed by atoms with Crippen LogP contribution in [0.5, 0.6) is 0 Å². The highest BCUT2D eigenvalue weighted by Crippen LogP contribution is 2.13. The number of piperidine rings is 1. The molecular formula is C16H24ClN3O2. The first kappa shape index (κ1) is 18.6. The lowest BCUT2D eigenvalue weighted by Crippen LogP contribution is -2.44. The van der Waals surface area contributed by atoms with E-state index < -0.39 is 0 Å². The van der Waals surface area contributed by atoms with Crippen molar-refractivity contribution >= 4 is 29.8 Å². The van der Waals surface area contributed by atoms with Gasteiger partial charge in [0.25, 0.3) is 0 Å². The molecule has 1 amide bonds. The van der Waals surface area contributed by atoms with Crippen molar-refractivity contribution in [3.05, 3.63) is 29.8 Å². The molecule has 22 heavy (non-hydrogen) atoms. The monoisotopic (exact) mass is 325 g/mol. The maximum atomic E-state index is 12.1. The first-order valence-corrected chi connectivity index (χ1v) is 7.39. The fraction of sp³-hybridized carbons (Fsp3) is 0.500. The Kier molecular flexibility index (Phi) is 7.51. The zero-order valence-electron chi connectivity index (χ0n) is 13.1. The molecule has 1 aliphatic heterocycles. The second-order valence-corrected chi connectivity index (χ2v) is 5.52. The minimum atomic E-state index is -0.0291. The van der Waals surface area contributed by atoms with E-state index in [2.05, 4.69) is 15.5 Å². The van der Waals surface area contributed by atoms with Crippen LogP contribution in [0.3, 0.4) is 0 Å². The summed E-state index contributed by atoms with van der Waals surface area (Å²) in [7, 11) is 1.98. The van der Waals surface area contributed by atoms with Crippen molar-refractivity contribution in [1.82, 2.24) is 10.2 Å². The van der Waals surface area contributed by atoms with Crippen molar-refractivity contribution in [2.75, 3.05) is 32.0 Å². The van der Waals surface area contributed by atoms with E-state index in [9.17, 15) is 9.59 Å². The summed E-state index contributed by atoms with van der Waals surface area (Å²) in [4.78, 5) is 25.6. The molecule has 0 aliphatic carbocycles. The largest absolute Gasteiger partial charge is 0.325 e. The van der Waals surface area contributed by atoms with Gasteiger partial charge in [-0.15, -0.1) is 12.4 Å². The number of carbonyl (C=O) groups is 2. The van der Waals surface area contributed by atoms with E-state index >= 15 is 0 Å². The number of Topliss-reactive ketones (excluding diaryl/α,β-unsaturated/α-hetero) is 1. The Hall–Kier alpha value is -1.43. The average molecular weight is 326 g/mol. The molecule has 1 aromatic carbocycles.